The minimum atomic E-state index is -4.23. The molecule has 0 aromatic heterocycles. The first kappa shape index (κ1) is 20.1. The lowest BCUT2D eigenvalue weighted by atomic mass is 9.65. The van der Waals surface area contributed by atoms with E-state index in [1.807, 2.05) is 32.0 Å². The highest BCUT2D eigenvalue weighted by Gasteiger charge is 2.43. The molecule has 0 saturated heterocycles. The number of hydrogen-bond donors (Lipinski definition) is 2. The van der Waals surface area contributed by atoms with Gasteiger partial charge in [-0.05, 0) is 60.9 Å². The summed E-state index contributed by atoms with van der Waals surface area (Å²) in [6, 6.07) is 14.8. The Hall–Kier alpha value is -1.69. The fraction of sp³-hybridized carbons (Fsp3) is 0.455. The Balaban J connectivity index is 1.91. The number of hydrogen-bond acceptors (Lipinski definition) is 3. The maximum atomic E-state index is 11.7. The van der Waals surface area contributed by atoms with Gasteiger partial charge in [0.15, 0.2) is 0 Å². The molecular weight excluding hydrogens is 360 g/mol. The third-order valence-corrected chi connectivity index (χ3v) is 6.97. The third kappa shape index (κ3) is 4.26. The molecule has 0 heterocycles. The van der Waals surface area contributed by atoms with Gasteiger partial charge >= 0.3 is 0 Å². The van der Waals surface area contributed by atoms with Crippen LogP contribution in [0.15, 0.2) is 53.4 Å². The molecule has 1 aliphatic carbocycles. The molecule has 27 heavy (non-hydrogen) atoms. The molecule has 1 fully saturated rings. The molecule has 1 aliphatic rings. The van der Waals surface area contributed by atoms with Crippen molar-refractivity contribution < 1.29 is 18.1 Å². The van der Waals surface area contributed by atoms with Gasteiger partial charge in [-0.1, -0.05) is 56.2 Å². The number of aliphatic hydroxyl groups is 1. The van der Waals surface area contributed by atoms with Gasteiger partial charge in [-0.15, -0.1) is 0 Å². The molecule has 0 amide bonds. The molecule has 2 N–H and O–H groups in total. The molecule has 3 unspecified atom stereocenters. The lowest BCUT2D eigenvalue weighted by Crippen LogP contribution is -2.45. The summed E-state index contributed by atoms with van der Waals surface area (Å²) in [7, 11) is -4.23. The van der Waals surface area contributed by atoms with E-state index in [1.165, 1.54) is 12.1 Å². The Bertz CT molecular complexity index is 892. The van der Waals surface area contributed by atoms with Gasteiger partial charge in [0.05, 0.1) is 10.5 Å². The van der Waals surface area contributed by atoms with E-state index in [4.69, 9.17) is 0 Å². The van der Waals surface area contributed by atoms with Crippen LogP contribution in [0.2, 0.25) is 0 Å². The number of aryl methyl sites for hydroxylation is 1. The third-order valence-electron chi connectivity index (χ3n) is 6.12. The summed E-state index contributed by atoms with van der Waals surface area (Å²) in [5, 5.41) is 11.7. The summed E-state index contributed by atoms with van der Waals surface area (Å²) in [6.07, 6.45) is 4.36. The van der Waals surface area contributed by atoms with Crippen molar-refractivity contribution in [3.8, 4) is 0 Å². The van der Waals surface area contributed by atoms with Crippen LogP contribution in [0.4, 0.5) is 0 Å². The summed E-state index contributed by atoms with van der Waals surface area (Å²) < 4.78 is 32.3. The zero-order chi connectivity index (χ0) is 19.7. The normalized spacial score (nSPS) is 24.5. The van der Waals surface area contributed by atoms with Crippen LogP contribution in [0.5, 0.6) is 0 Å². The molecule has 0 spiro atoms. The maximum absolute atomic E-state index is 11.7. The molecule has 4 nitrogen and oxygen atoms in total. The minimum Gasteiger partial charge on any atom is -0.389 e. The van der Waals surface area contributed by atoms with Crippen molar-refractivity contribution in [2.24, 2.45) is 5.92 Å². The molecule has 1 saturated carbocycles. The standard InChI is InChI=1S/C22H28O4S/c1-16-11-12-20(27(24,25)26)15-19(16)14-17(2)22(23)13-7-6-10-21(22)18-8-4-3-5-9-18/h3-5,8-9,11-12,15,17,21,23H,6-7,10,13-14H2,1-2H3,(H,24,25,26). The van der Waals surface area contributed by atoms with Gasteiger partial charge in [0.25, 0.3) is 10.1 Å². The van der Waals surface area contributed by atoms with E-state index in [0.717, 1.165) is 42.4 Å². The quantitative estimate of drug-likeness (QED) is 0.739. The molecule has 5 heteroatoms. The van der Waals surface area contributed by atoms with Crippen LogP contribution in [-0.4, -0.2) is 23.7 Å². The van der Waals surface area contributed by atoms with E-state index < -0.39 is 15.7 Å². The van der Waals surface area contributed by atoms with Gasteiger partial charge in [-0.25, -0.2) is 0 Å². The Morgan fingerprint density at radius 3 is 2.52 bits per heavy atom. The molecular formula is C22H28O4S. The van der Waals surface area contributed by atoms with Crippen LogP contribution in [0.25, 0.3) is 0 Å². The smallest absolute Gasteiger partial charge is 0.294 e. The Labute approximate surface area is 162 Å². The van der Waals surface area contributed by atoms with Crippen LogP contribution in [0.1, 0.15) is 55.2 Å². The van der Waals surface area contributed by atoms with Gasteiger partial charge < -0.3 is 5.11 Å². The first-order chi connectivity index (χ1) is 12.7. The Kier molecular flexibility index (Phi) is 5.75. The summed E-state index contributed by atoms with van der Waals surface area (Å²) in [6.45, 7) is 3.97. The first-order valence-corrected chi connectivity index (χ1v) is 11.0. The second-order valence-electron chi connectivity index (χ2n) is 7.87. The highest BCUT2D eigenvalue weighted by atomic mass is 32.2. The Morgan fingerprint density at radius 2 is 1.85 bits per heavy atom. The largest absolute Gasteiger partial charge is 0.389 e. The second-order valence-corrected chi connectivity index (χ2v) is 9.29. The predicted molar refractivity (Wildman–Crippen MR) is 106 cm³/mol. The van der Waals surface area contributed by atoms with E-state index in [2.05, 4.69) is 12.1 Å². The van der Waals surface area contributed by atoms with Crippen molar-refractivity contribution in [1.82, 2.24) is 0 Å². The molecule has 3 rings (SSSR count). The summed E-state index contributed by atoms with van der Waals surface area (Å²) in [5.41, 5.74) is 2.14. The van der Waals surface area contributed by atoms with Gasteiger partial charge in [0, 0.05) is 5.92 Å². The minimum absolute atomic E-state index is 0.0432. The number of benzene rings is 2. The molecule has 2 aromatic carbocycles. The average Bonchev–Trinajstić information content (AvgIpc) is 2.63. The molecule has 0 aliphatic heterocycles. The fourth-order valence-electron chi connectivity index (χ4n) is 4.45. The molecule has 0 radical (unpaired) electrons. The van der Waals surface area contributed by atoms with E-state index in [0.29, 0.717) is 6.42 Å². The van der Waals surface area contributed by atoms with Crippen LogP contribution in [-0.2, 0) is 16.5 Å². The van der Waals surface area contributed by atoms with Gasteiger partial charge in [0.2, 0.25) is 0 Å². The van der Waals surface area contributed by atoms with Crippen molar-refractivity contribution in [2.75, 3.05) is 0 Å². The van der Waals surface area contributed by atoms with Crippen molar-refractivity contribution >= 4 is 10.1 Å². The van der Waals surface area contributed by atoms with Crippen LogP contribution < -0.4 is 0 Å². The zero-order valence-electron chi connectivity index (χ0n) is 15.9. The lowest BCUT2D eigenvalue weighted by molar-refractivity contribution is -0.0618. The predicted octanol–water partition coefficient (Wildman–Crippen LogP) is 4.51. The van der Waals surface area contributed by atoms with E-state index in [9.17, 15) is 18.1 Å². The van der Waals surface area contributed by atoms with Gasteiger partial charge in [-0.3, -0.25) is 4.55 Å². The van der Waals surface area contributed by atoms with Crippen molar-refractivity contribution in [3.63, 3.8) is 0 Å². The molecule has 0 bridgehead atoms. The SMILES string of the molecule is Cc1ccc(S(=O)(=O)O)cc1CC(C)C1(O)CCCCC1c1ccccc1. The van der Waals surface area contributed by atoms with Crippen LogP contribution in [0, 0.1) is 12.8 Å². The van der Waals surface area contributed by atoms with E-state index >= 15 is 0 Å². The van der Waals surface area contributed by atoms with Crippen LogP contribution >= 0.6 is 0 Å². The first-order valence-electron chi connectivity index (χ1n) is 9.56. The molecule has 146 valence electrons. The topological polar surface area (TPSA) is 74.6 Å². The van der Waals surface area contributed by atoms with Gasteiger partial charge in [0.1, 0.15) is 0 Å². The molecule has 3 atom stereocenters. The Morgan fingerprint density at radius 1 is 1.15 bits per heavy atom. The monoisotopic (exact) mass is 388 g/mol. The fourth-order valence-corrected chi connectivity index (χ4v) is 4.98. The summed E-state index contributed by atoms with van der Waals surface area (Å²) in [5.74, 6) is 0.0332. The van der Waals surface area contributed by atoms with Crippen molar-refractivity contribution in [2.45, 2.75) is 62.4 Å². The highest BCUT2D eigenvalue weighted by molar-refractivity contribution is 7.85. The van der Waals surface area contributed by atoms with Crippen molar-refractivity contribution in [1.29, 1.82) is 0 Å². The summed E-state index contributed by atoms with van der Waals surface area (Å²) >= 11 is 0. The van der Waals surface area contributed by atoms with Crippen LogP contribution in [0.3, 0.4) is 0 Å². The van der Waals surface area contributed by atoms with E-state index in [-0.39, 0.29) is 16.7 Å². The zero-order valence-corrected chi connectivity index (χ0v) is 16.7. The summed E-state index contributed by atoms with van der Waals surface area (Å²) in [4.78, 5) is -0.0921. The average molecular weight is 389 g/mol. The van der Waals surface area contributed by atoms with E-state index in [1.54, 1.807) is 6.07 Å². The molecule has 2 aromatic rings. The second kappa shape index (κ2) is 7.74. The number of rotatable bonds is 5. The van der Waals surface area contributed by atoms with Crippen molar-refractivity contribution in [3.05, 3.63) is 65.2 Å². The van der Waals surface area contributed by atoms with Gasteiger partial charge in [-0.2, -0.15) is 8.42 Å². The maximum Gasteiger partial charge on any atom is 0.294 e. The lowest BCUT2D eigenvalue weighted by Gasteiger charge is -2.45. The highest BCUT2D eigenvalue weighted by Crippen LogP contribution is 2.46.